The van der Waals surface area contributed by atoms with E-state index in [-0.39, 0.29) is 11.4 Å². The molecule has 0 unspecified atom stereocenters. The molecule has 0 saturated heterocycles. The first-order chi connectivity index (χ1) is 7.26. The molecule has 0 aliphatic carbocycles. The molecule has 0 spiro atoms. The lowest BCUT2D eigenvalue weighted by Gasteiger charge is -2.04. The molecule has 0 saturated carbocycles. The van der Waals surface area contributed by atoms with Crippen molar-refractivity contribution in [1.82, 2.24) is 14.2 Å². The van der Waals surface area contributed by atoms with Gasteiger partial charge in [-0.15, -0.1) is 11.6 Å². The molecule has 4 nitrogen and oxygen atoms in total. The van der Waals surface area contributed by atoms with E-state index in [1.54, 1.807) is 4.52 Å². The summed E-state index contributed by atoms with van der Waals surface area (Å²) in [5, 5.41) is 0. The molecule has 0 amide bonds. The van der Waals surface area contributed by atoms with Gasteiger partial charge in [0.05, 0.1) is 11.6 Å². The summed E-state index contributed by atoms with van der Waals surface area (Å²) in [6.07, 6.45) is 2.85. The highest BCUT2D eigenvalue weighted by Gasteiger charge is 2.05. The maximum absolute atomic E-state index is 11.8. The van der Waals surface area contributed by atoms with Crippen LogP contribution in [0.3, 0.4) is 0 Å². The molecule has 2 heterocycles. The summed E-state index contributed by atoms with van der Waals surface area (Å²) in [5.41, 5.74) is 1.21. The molecule has 0 atom stereocenters. The highest BCUT2D eigenvalue weighted by Crippen LogP contribution is 2.03. The Morgan fingerprint density at radius 2 is 2.33 bits per heavy atom. The van der Waals surface area contributed by atoms with Gasteiger partial charge in [-0.2, -0.15) is 4.52 Å². The highest BCUT2D eigenvalue weighted by molar-refractivity contribution is 6.16. The van der Waals surface area contributed by atoms with Gasteiger partial charge in [0.15, 0.2) is 5.65 Å². The number of hydrogen-bond donors (Lipinski definition) is 0. The average Bonchev–Trinajstić information content (AvgIpc) is 2.62. The van der Waals surface area contributed by atoms with Gasteiger partial charge in [-0.05, 0) is 6.42 Å². The van der Waals surface area contributed by atoms with E-state index in [2.05, 4.69) is 11.9 Å². The van der Waals surface area contributed by atoms with Crippen LogP contribution in [-0.4, -0.2) is 14.2 Å². The maximum Gasteiger partial charge on any atom is 0.273 e. The molecule has 0 radical (unpaired) electrons. The van der Waals surface area contributed by atoms with Gasteiger partial charge in [0.2, 0.25) is 0 Å². The Labute approximate surface area is 92.1 Å². The zero-order chi connectivity index (χ0) is 10.8. The largest absolute Gasteiger partial charge is 0.284 e. The first kappa shape index (κ1) is 10.2. The summed E-state index contributed by atoms with van der Waals surface area (Å²) in [6.45, 7) is 2.88. The molecule has 0 N–H and O–H groups in total. The van der Waals surface area contributed by atoms with Crippen LogP contribution in [0.1, 0.15) is 19.0 Å². The summed E-state index contributed by atoms with van der Waals surface area (Å²) >= 11 is 5.65. The van der Waals surface area contributed by atoms with Crippen LogP contribution in [0.5, 0.6) is 0 Å². The molecule has 0 aliphatic heterocycles. The standard InChI is InChI=1S/C10H12ClN3O/c1-2-4-13-5-3-9-12-8(7-11)6-10(15)14(9)13/h3,5-6H,2,4,7H2,1H3. The number of aryl methyl sites for hydroxylation is 1. The third-order valence-electron chi connectivity index (χ3n) is 2.22. The molecule has 80 valence electrons. The number of aromatic nitrogens is 3. The molecule has 0 aromatic carbocycles. The van der Waals surface area contributed by atoms with E-state index in [4.69, 9.17) is 11.6 Å². The van der Waals surface area contributed by atoms with Gasteiger partial charge in [0, 0.05) is 24.9 Å². The van der Waals surface area contributed by atoms with Crippen LogP contribution in [0.4, 0.5) is 0 Å². The van der Waals surface area contributed by atoms with Gasteiger partial charge in [-0.3, -0.25) is 9.48 Å². The molecule has 0 aliphatic rings. The van der Waals surface area contributed by atoms with Crippen molar-refractivity contribution in [3.05, 3.63) is 34.4 Å². The van der Waals surface area contributed by atoms with Crippen LogP contribution in [0, 0.1) is 0 Å². The van der Waals surface area contributed by atoms with Crippen molar-refractivity contribution in [2.75, 3.05) is 0 Å². The van der Waals surface area contributed by atoms with Crippen LogP contribution in [-0.2, 0) is 12.4 Å². The smallest absolute Gasteiger partial charge is 0.273 e. The third kappa shape index (κ3) is 1.77. The zero-order valence-corrected chi connectivity index (χ0v) is 9.24. The van der Waals surface area contributed by atoms with Crippen molar-refractivity contribution in [3.63, 3.8) is 0 Å². The Bertz CT molecular complexity index is 529. The van der Waals surface area contributed by atoms with Crippen molar-refractivity contribution < 1.29 is 0 Å². The second-order valence-electron chi connectivity index (χ2n) is 3.37. The molecule has 0 bridgehead atoms. The van der Waals surface area contributed by atoms with E-state index >= 15 is 0 Å². The van der Waals surface area contributed by atoms with Crippen LogP contribution < -0.4 is 5.56 Å². The molecule has 2 aromatic heterocycles. The SMILES string of the molecule is CCCn1ccc2nc(CCl)cc(=O)n21. The minimum Gasteiger partial charge on any atom is -0.284 e. The van der Waals surface area contributed by atoms with Gasteiger partial charge in [0.25, 0.3) is 5.56 Å². The van der Waals surface area contributed by atoms with E-state index in [1.807, 2.05) is 16.9 Å². The summed E-state index contributed by atoms with van der Waals surface area (Å²) in [6, 6.07) is 3.30. The topological polar surface area (TPSA) is 39.3 Å². The molecule has 5 heteroatoms. The monoisotopic (exact) mass is 225 g/mol. The van der Waals surface area contributed by atoms with E-state index < -0.39 is 0 Å². The predicted octanol–water partition coefficient (Wildman–Crippen LogP) is 1.64. The summed E-state index contributed by atoms with van der Waals surface area (Å²) < 4.78 is 3.43. The first-order valence-electron chi connectivity index (χ1n) is 4.90. The van der Waals surface area contributed by atoms with Crippen molar-refractivity contribution in [2.45, 2.75) is 25.8 Å². The molecule has 0 fully saturated rings. The molecular weight excluding hydrogens is 214 g/mol. The van der Waals surface area contributed by atoms with E-state index in [0.717, 1.165) is 13.0 Å². The Balaban J connectivity index is 2.66. The third-order valence-corrected chi connectivity index (χ3v) is 2.49. The highest BCUT2D eigenvalue weighted by atomic mass is 35.5. The van der Waals surface area contributed by atoms with Crippen LogP contribution in [0.2, 0.25) is 0 Å². The number of hydrogen-bond acceptors (Lipinski definition) is 2. The minimum atomic E-state index is -0.0749. The first-order valence-corrected chi connectivity index (χ1v) is 5.43. The number of alkyl halides is 1. The van der Waals surface area contributed by atoms with Gasteiger partial charge in [0.1, 0.15) is 0 Å². The quantitative estimate of drug-likeness (QED) is 0.745. The molecule has 2 rings (SSSR count). The Hall–Kier alpha value is -1.29. The van der Waals surface area contributed by atoms with Gasteiger partial charge in [-0.1, -0.05) is 6.92 Å². The van der Waals surface area contributed by atoms with Crippen molar-refractivity contribution in [2.24, 2.45) is 0 Å². The zero-order valence-electron chi connectivity index (χ0n) is 8.48. The summed E-state index contributed by atoms with van der Waals surface area (Å²) in [7, 11) is 0. The Morgan fingerprint density at radius 1 is 1.53 bits per heavy atom. The Morgan fingerprint density at radius 3 is 3.00 bits per heavy atom. The van der Waals surface area contributed by atoms with Crippen molar-refractivity contribution >= 4 is 17.2 Å². The average molecular weight is 226 g/mol. The van der Waals surface area contributed by atoms with Crippen molar-refractivity contribution in [1.29, 1.82) is 0 Å². The lowest BCUT2D eigenvalue weighted by molar-refractivity contribution is 0.556. The van der Waals surface area contributed by atoms with Crippen molar-refractivity contribution in [3.8, 4) is 0 Å². The normalized spacial score (nSPS) is 11.1. The second-order valence-corrected chi connectivity index (χ2v) is 3.64. The Kier molecular flexibility index (Phi) is 2.77. The van der Waals surface area contributed by atoms with E-state index in [1.165, 1.54) is 6.07 Å². The van der Waals surface area contributed by atoms with Crippen LogP contribution in [0.25, 0.3) is 5.65 Å². The van der Waals surface area contributed by atoms with Gasteiger partial charge >= 0.3 is 0 Å². The number of fused-ring (bicyclic) bond motifs is 1. The lowest BCUT2D eigenvalue weighted by Crippen LogP contribution is -2.21. The summed E-state index contributed by atoms with van der Waals surface area (Å²) in [5.74, 6) is 0.269. The van der Waals surface area contributed by atoms with E-state index in [0.29, 0.717) is 11.3 Å². The maximum atomic E-state index is 11.8. The number of halogens is 1. The minimum absolute atomic E-state index is 0.0749. The van der Waals surface area contributed by atoms with Gasteiger partial charge in [-0.25, -0.2) is 4.98 Å². The molecular formula is C10H12ClN3O. The molecule has 2 aromatic rings. The second kappa shape index (κ2) is 4.06. The van der Waals surface area contributed by atoms with Crippen LogP contribution >= 0.6 is 11.6 Å². The molecule has 15 heavy (non-hydrogen) atoms. The lowest BCUT2D eigenvalue weighted by atomic mass is 10.4. The summed E-state index contributed by atoms with van der Waals surface area (Å²) in [4.78, 5) is 16.0. The number of rotatable bonds is 3. The van der Waals surface area contributed by atoms with Gasteiger partial charge < -0.3 is 0 Å². The fourth-order valence-corrected chi connectivity index (χ4v) is 1.74. The fraction of sp³-hybridized carbons (Fsp3) is 0.400. The van der Waals surface area contributed by atoms with E-state index in [9.17, 15) is 4.79 Å². The fourth-order valence-electron chi connectivity index (χ4n) is 1.60. The van der Waals surface area contributed by atoms with Crippen LogP contribution in [0.15, 0.2) is 23.1 Å². The number of nitrogens with zero attached hydrogens (tertiary/aromatic N) is 3. The predicted molar refractivity (Wildman–Crippen MR) is 59.3 cm³/mol.